The summed E-state index contributed by atoms with van der Waals surface area (Å²) in [7, 11) is -5.01. The maximum absolute atomic E-state index is 12.2. The Labute approximate surface area is 72.8 Å². The second kappa shape index (κ2) is 4.75. The van der Waals surface area contributed by atoms with Crippen LogP contribution in [0.5, 0.6) is 0 Å². The first-order chi connectivity index (χ1) is 5.77. The molecule has 2 unspecified atom stereocenters. The molecule has 0 saturated carbocycles. The van der Waals surface area contributed by atoms with E-state index < -0.39 is 34.8 Å². The molecule has 0 radical (unpaired) electrons. The summed E-state index contributed by atoms with van der Waals surface area (Å²) in [6, 6.07) is 0. The SMILES string of the molecule is CC(F)COS(=O)(=O)C(F)C(F)F. The molecule has 13 heavy (non-hydrogen) atoms. The van der Waals surface area contributed by atoms with Crippen LogP contribution in [0.25, 0.3) is 0 Å². The summed E-state index contributed by atoms with van der Waals surface area (Å²) in [6.07, 6.45) is -5.36. The zero-order valence-corrected chi connectivity index (χ0v) is 7.40. The second-order valence-corrected chi connectivity index (χ2v) is 3.92. The molecule has 3 nitrogen and oxygen atoms in total. The predicted octanol–water partition coefficient (Wildman–Crippen LogP) is 1.25. The summed E-state index contributed by atoms with van der Waals surface area (Å²) in [4.78, 5) is 0. The molecule has 0 heterocycles. The Kier molecular flexibility index (Phi) is 4.62. The van der Waals surface area contributed by atoms with Crippen LogP contribution >= 0.6 is 0 Å². The molecule has 0 spiro atoms. The topological polar surface area (TPSA) is 43.4 Å². The third kappa shape index (κ3) is 4.41. The average molecular weight is 224 g/mol. The summed E-state index contributed by atoms with van der Waals surface area (Å²) in [5.41, 5.74) is -3.42. The first kappa shape index (κ1) is 12.6. The first-order valence-corrected chi connectivity index (χ1v) is 4.69. The van der Waals surface area contributed by atoms with Gasteiger partial charge in [-0.2, -0.15) is 8.42 Å². The van der Waals surface area contributed by atoms with Gasteiger partial charge in [0.15, 0.2) is 0 Å². The molecular weight excluding hydrogens is 216 g/mol. The van der Waals surface area contributed by atoms with Crippen molar-refractivity contribution >= 4 is 10.1 Å². The first-order valence-electron chi connectivity index (χ1n) is 3.22. The van der Waals surface area contributed by atoms with Gasteiger partial charge in [0.1, 0.15) is 6.17 Å². The minimum absolute atomic E-state index is 0.950. The van der Waals surface area contributed by atoms with Crippen molar-refractivity contribution in [1.29, 1.82) is 0 Å². The van der Waals surface area contributed by atoms with Gasteiger partial charge in [-0.15, -0.1) is 0 Å². The lowest BCUT2D eigenvalue weighted by molar-refractivity contribution is 0.0803. The minimum atomic E-state index is -5.01. The van der Waals surface area contributed by atoms with Crippen molar-refractivity contribution in [2.75, 3.05) is 6.61 Å². The van der Waals surface area contributed by atoms with E-state index in [2.05, 4.69) is 4.18 Å². The summed E-state index contributed by atoms with van der Waals surface area (Å²) < 4.78 is 71.7. The normalized spacial score (nSPS) is 17.4. The van der Waals surface area contributed by atoms with E-state index in [-0.39, 0.29) is 0 Å². The molecule has 0 aliphatic carbocycles. The summed E-state index contributed by atoms with van der Waals surface area (Å²) in [5.74, 6) is 0. The second-order valence-electron chi connectivity index (χ2n) is 2.24. The number of rotatable bonds is 5. The lowest BCUT2D eigenvalue weighted by Gasteiger charge is -2.09. The van der Waals surface area contributed by atoms with E-state index in [0.29, 0.717) is 0 Å². The zero-order chi connectivity index (χ0) is 10.6. The van der Waals surface area contributed by atoms with Crippen LogP contribution in [0.4, 0.5) is 17.6 Å². The van der Waals surface area contributed by atoms with Crippen LogP contribution in [0.3, 0.4) is 0 Å². The van der Waals surface area contributed by atoms with Crippen molar-refractivity contribution in [3.63, 3.8) is 0 Å². The number of alkyl halides is 4. The standard InChI is InChI=1S/C5H8F4O3S/c1-3(6)2-12-13(10,11)5(9)4(7)8/h3-5H,2H2,1H3. The lowest BCUT2D eigenvalue weighted by atomic mass is 10.5. The Morgan fingerprint density at radius 1 is 1.23 bits per heavy atom. The molecule has 0 aliphatic heterocycles. The van der Waals surface area contributed by atoms with Crippen molar-refractivity contribution in [3.8, 4) is 0 Å². The highest BCUT2D eigenvalue weighted by atomic mass is 32.2. The van der Waals surface area contributed by atoms with Crippen LogP contribution in [-0.4, -0.2) is 33.1 Å². The molecule has 0 saturated heterocycles. The Morgan fingerprint density at radius 2 is 1.69 bits per heavy atom. The van der Waals surface area contributed by atoms with Crippen LogP contribution in [0.15, 0.2) is 0 Å². The zero-order valence-electron chi connectivity index (χ0n) is 6.58. The Morgan fingerprint density at radius 3 is 2.00 bits per heavy atom. The highest BCUT2D eigenvalue weighted by molar-refractivity contribution is 7.87. The van der Waals surface area contributed by atoms with E-state index >= 15 is 0 Å². The lowest BCUT2D eigenvalue weighted by Crippen LogP contribution is -2.27. The van der Waals surface area contributed by atoms with Gasteiger partial charge in [0, 0.05) is 0 Å². The van der Waals surface area contributed by atoms with E-state index in [0.717, 1.165) is 6.92 Å². The van der Waals surface area contributed by atoms with Gasteiger partial charge >= 0.3 is 10.1 Å². The molecular formula is C5H8F4O3S. The Balaban J connectivity index is 4.24. The summed E-state index contributed by atoms with van der Waals surface area (Å²) in [6.45, 7) is -0.0133. The van der Waals surface area contributed by atoms with Crippen LogP contribution < -0.4 is 0 Å². The predicted molar refractivity (Wildman–Crippen MR) is 36.3 cm³/mol. The van der Waals surface area contributed by atoms with Crippen molar-refractivity contribution in [2.45, 2.75) is 25.0 Å². The summed E-state index contributed by atoms with van der Waals surface area (Å²) in [5, 5.41) is 0. The number of hydrogen-bond donors (Lipinski definition) is 0. The van der Waals surface area contributed by atoms with Gasteiger partial charge in [0.2, 0.25) is 0 Å². The molecule has 0 aliphatic rings. The van der Waals surface area contributed by atoms with E-state index in [1.54, 1.807) is 0 Å². The van der Waals surface area contributed by atoms with E-state index in [9.17, 15) is 26.0 Å². The van der Waals surface area contributed by atoms with Gasteiger partial charge in [-0.3, -0.25) is 4.18 Å². The van der Waals surface area contributed by atoms with E-state index in [4.69, 9.17) is 0 Å². The number of hydrogen-bond acceptors (Lipinski definition) is 3. The molecule has 0 aromatic rings. The fraction of sp³-hybridized carbons (Fsp3) is 1.00. The van der Waals surface area contributed by atoms with Crippen molar-refractivity contribution < 1.29 is 30.2 Å². The maximum atomic E-state index is 12.2. The van der Waals surface area contributed by atoms with E-state index in [1.807, 2.05) is 0 Å². The average Bonchev–Trinajstić information content (AvgIpc) is 1.99. The Bertz CT molecular complexity index is 238. The third-order valence-electron chi connectivity index (χ3n) is 0.936. The fourth-order valence-electron chi connectivity index (χ4n) is 0.380. The van der Waals surface area contributed by atoms with Gasteiger partial charge in [-0.25, -0.2) is 17.6 Å². The van der Waals surface area contributed by atoms with Gasteiger partial charge < -0.3 is 0 Å². The quantitative estimate of drug-likeness (QED) is 0.521. The fourth-order valence-corrected chi connectivity index (χ4v) is 1.14. The Hall–Kier alpha value is -0.370. The van der Waals surface area contributed by atoms with Gasteiger partial charge in [-0.1, -0.05) is 0 Å². The highest BCUT2D eigenvalue weighted by Crippen LogP contribution is 2.14. The van der Waals surface area contributed by atoms with Crippen LogP contribution in [0, 0.1) is 0 Å². The monoisotopic (exact) mass is 224 g/mol. The minimum Gasteiger partial charge on any atom is -0.265 e. The van der Waals surface area contributed by atoms with E-state index in [1.165, 1.54) is 0 Å². The molecule has 80 valence electrons. The smallest absolute Gasteiger partial charge is 0.265 e. The summed E-state index contributed by atoms with van der Waals surface area (Å²) >= 11 is 0. The molecule has 0 aromatic carbocycles. The molecule has 0 bridgehead atoms. The molecule has 2 atom stereocenters. The van der Waals surface area contributed by atoms with Crippen LogP contribution in [0.1, 0.15) is 6.92 Å². The van der Waals surface area contributed by atoms with Crippen LogP contribution in [-0.2, 0) is 14.3 Å². The number of halogens is 4. The molecule has 8 heteroatoms. The molecule has 0 N–H and O–H groups in total. The third-order valence-corrected chi connectivity index (χ3v) is 2.16. The van der Waals surface area contributed by atoms with Gasteiger partial charge in [0.05, 0.1) is 6.61 Å². The van der Waals surface area contributed by atoms with Crippen molar-refractivity contribution in [1.82, 2.24) is 0 Å². The molecule has 0 rings (SSSR count). The van der Waals surface area contributed by atoms with Gasteiger partial charge in [-0.05, 0) is 6.92 Å². The molecule has 0 aromatic heterocycles. The highest BCUT2D eigenvalue weighted by Gasteiger charge is 2.35. The van der Waals surface area contributed by atoms with Crippen molar-refractivity contribution in [2.24, 2.45) is 0 Å². The van der Waals surface area contributed by atoms with Crippen LogP contribution in [0.2, 0.25) is 0 Å². The van der Waals surface area contributed by atoms with Gasteiger partial charge in [0.25, 0.3) is 11.9 Å². The van der Waals surface area contributed by atoms with Crippen molar-refractivity contribution in [3.05, 3.63) is 0 Å². The molecule has 0 fully saturated rings. The maximum Gasteiger partial charge on any atom is 0.306 e. The largest absolute Gasteiger partial charge is 0.306 e. The molecule has 0 amide bonds.